The van der Waals surface area contributed by atoms with Crippen LogP contribution in [0.15, 0.2) is 102 Å². The van der Waals surface area contributed by atoms with Crippen LogP contribution in [0.2, 0.25) is 0 Å². The smallest absolute Gasteiger partial charge is 0.306 e. The molecule has 0 unspecified atom stereocenters. The van der Waals surface area contributed by atoms with E-state index in [4.69, 9.17) is 9.40 Å². The van der Waals surface area contributed by atoms with Crippen molar-refractivity contribution in [1.82, 2.24) is 9.38 Å². The summed E-state index contributed by atoms with van der Waals surface area (Å²) in [7, 11) is 0. The normalized spacial score (nSPS) is 15.8. The number of benzene rings is 4. The molecule has 184 valence electrons. The lowest BCUT2D eigenvalue weighted by Crippen LogP contribution is -2.15. The van der Waals surface area contributed by atoms with Crippen LogP contribution in [0.1, 0.15) is 49.9 Å². The van der Waals surface area contributed by atoms with E-state index < -0.39 is 0 Å². The molecule has 3 heteroatoms. The van der Waals surface area contributed by atoms with Crippen molar-refractivity contribution in [2.24, 2.45) is 0 Å². The van der Waals surface area contributed by atoms with Gasteiger partial charge in [0.2, 0.25) is 0 Å². The van der Waals surface area contributed by atoms with Gasteiger partial charge in [-0.25, -0.2) is 0 Å². The molecule has 0 saturated carbocycles. The molecule has 2 heterocycles. The molecule has 0 radical (unpaired) electrons. The van der Waals surface area contributed by atoms with E-state index in [1.807, 2.05) is 6.20 Å². The van der Waals surface area contributed by atoms with Crippen LogP contribution < -0.4 is 0 Å². The molecular formula is C35H28N2O. The van der Waals surface area contributed by atoms with Gasteiger partial charge in [0.25, 0.3) is 0 Å². The fourth-order valence-electron chi connectivity index (χ4n) is 6.97. The Morgan fingerprint density at radius 1 is 0.605 bits per heavy atom. The number of oxazole rings is 1. The minimum atomic E-state index is -0.0651. The summed E-state index contributed by atoms with van der Waals surface area (Å²) < 4.78 is 7.89. The topological polar surface area (TPSA) is 30.4 Å². The van der Waals surface area contributed by atoms with Crippen molar-refractivity contribution in [3.05, 3.63) is 120 Å². The van der Waals surface area contributed by atoms with E-state index >= 15 is 0 Å². The second kappa shape index (κ2) is 7.14. The molecule has 0 fully saturated rings. The Morgan fingerprint density at radius 3 is 1.76 bits per heavy atom. The highest BCUT2D eigenvalue weighted by atomic mass is 16.3. The summed E-state index contributed by atoms with van der Waals surface area (Å²) in [6.45, 7) is 9.29. The second-order valence-electron chi connectivity index (χ2n) is 11.7. The SMILES string of the molecule is CC1(C)c2ccccc2-c2ccc(-c3nc4occn4c3-c3ccc4c(c3)C(C)(C)c3ccccc3-4)cc21. The van der Waals surface area contributed by atoms with Gasteiger partial charge in [-0.2, -0.15) is 4.98 Å². The quantitative estimate of drug-likeness (QED) is 0.242. The average molecular weight is 493 g/mol. The Bertz CT molecular complexity index is 1930. The summed E-state index contributed by atoms with van der Waals surface area (Å²) in [5.41, 5.74) is 14.9. The number of nitrogens with zero attached hydrogens (tertiary/aromatic N) is 2. The molecule has 2 aliphatic rings. The van der Waals surface area contributed by atoms with Crippen LogP contribution in [0, 0.1) is 0 Å². The average Bonchev–Trinajstić information content (AvgIpc) is 3.64. The third kappa shape index (κ3) is 2.66. The molecule has 8 rings (SSSR count). The maximum Gasteiger partial charge on any atom is 0.306 e. The predicted octanol–water partition coefficient (Wildman–Crippen LogP) is 8.87. The zero-order chi connectivity index (χ0) is 25.8. The van der Waals surface area contributed by atoms with Crippen molar-refractivity contribution >= 4 is 5.84 Å². The van der Waals surface area contributed by atoms with Crippen LogP contribution in [0.5, 0.6) is 0 Å². The maximum atomic E-state index is 5.80. The molecule has 6 aromatic rings. The van der Waals surface area contributed by atoms with Crippen LogP contribution in [-0.4, -0.2) is 9.38 Å². The lowest BCUT2D eigenvalue weighted by molar-refractivity contribution is 0.596. The van der Waals surface area contributed by atoms with Gasteiger partial charge in [0, 0.05) is 28.2 Å². The van der Waals surface area contributed by atoms with Gasteiger partial charge in [-0.05, 0) is 56.6 Å². The summed E-state index contributed by atoms with van der Waals surface area (Å²) in [6.07, 6.45) is 3.69. The first-order valence-corrected chi connectivity index (χ1v) is 13.3. The van der Waals surface area contributed by atoms with E-state index in [9.17, 15) is 0 Å². The van der Waals surface area contributed by atoms with Crippen molar-refractivity contribution in [2.75, 3.05) is 0 Å². The highest BCUT2D eigenvalue weighted by Gasteiger charge is 2.37. The van der Waals surface area contributed by atoms with Gasteiger partial charge in [-0.15, -0.1) is 0 Å². The Hall–Kier alpha value is -4.37. The molecule has 0 bridgehead atoms. The molecule has 2 aromatic heterocycles. The number of aromatic nitrogens is 2. The molecule has 2 aliphatic carbocycles. The van der Waals surface area contributed by atoms with Gasteiger partial charge < -0.3 is 4.42 Å². The first-order chi connectivity index (χ1) is 18.4. The van der Waals surface area contributed by atoms with Crippen LogP contribution >= 0.6 is 0 Å². The van der Waals surface area contributed by atoms with E-state index in [1.54, 1.807) is 6.26 Å². The van der Waals surface area contributed by atoms with E-state index in [2.05, 4.69) is 117 Å². The van der Waals surface area contributed by atoms with Crippen molar-refractivity contribution in [3.63, 3.8) is 0 Å². The Labute approximate surface area is 222 Å². The number of imidazole rings is 1. The largest absolute Gasteiger partial charge is 0.432 e. The Balaban J connectivity index is 1.33. The van der Waals surface area contributed by atoms with E-state index in [1.165, 1.54) is 44.5 Å². The van der Waals surface area contributed by atoms with E-state index in [0.717, 1.165) is 22.5 Å². The molecule has 4 aromatic carbocycles. The van der Waals surface area contributed by atoms with Crippen molar-refractivity contribution in [3.8, 4) is 44.8 Å². The fraction of sp³-hybridized carbons (Fsp3) is 0.171. The molecule has 3 nitrogen and oxygen atoms in total. The third-order valence-electron chi connectivity index (χ3n) is 8.98. The zero-order valence-electron chi connectivity index (χ0n) is 22.0. The Morgan fingerprint density at radius 2 is 1.13 bits per heavy atom. The van der Waals surface area contributed by atoms with Gasteiger partial charge in [-0.1, -0.05) is 100 Å². The van der Waals surface area contributed by atoms with E-state index in [0.29, 0.717) is 5.84 Å². The van der Waals surface area contributed by atoms with Gasteiger partial charge in [0.1, 0.15) is 12.0 Å². The number of fused-ring (bicyclic) bond motifs is 7. The molecule has 0 saturated heterocycles. The lowest BCUT2D eigenvalue weighted by atomic mass is 9.81. The molecule has 38 heavy (non-hydrogen) atoms. The highest BCUT2D eigenvalue weighted by molar-refractivity contribution is 5.89. The van der Waals surface area contributed by atoms with Gasteiger partial charge in [0.15, 0.2) is 0 Å². The first kappa shape index (κ1) is 21.7. The zero-order valence-corrected chi connectivity index (χ0v) is 22.0. The fourth-order valence-corrected chi connectivity index (χ4v) is 6.97. The van der Waals surface area contributed by atoms with Crippen molar-refractivity contribution in [2.45, 2.75) is 38.5 Å². The summed E-state index contributed by atoms with van der Waals surface area (Å²) in [5.74, 6) is 0.612. The van der Waals surface area contributed by atoms with Crippen LogP contribution in [0.4, 0.5) is 0 Å². The molecule has 0 spiro atoms. The molecule has 0 N–H and O–H groups in total. The van der Waals surface area contributed by atoms with Gasteiger partial charge >= 0.3 is 5.84 Å². The number of hydrogen-bond donors (Lipinski definition) is 0. The molecule has 0 amide bonds. The monoisotopic (exact) mass is 492 g/mol. The van der Waals surface area contributed by atoms with Crippen molar-refractivity contribution in [1.29, 1.82) is 0 Å². The standard InChI is InChI=1S/C35H28N2O/c1-34(2)27-11-7-5-9-23(27)25-15-13-21(19-29(25)34)31-32(37-17-18-38-33(37)36-31)22-14-16-26-24-10-6-8-12-28(24)35(3,4)30(26)20-22/h5-20H,1-4H3. The lowest BCUT2D eigenvalue weighted by Gasteiger charge is -2.22. The van der Waals surface area contributed by atoms with Gasteiger partial charge in [-0.3, -0.25) is 4.40 Å². The third-order valence-corrected chi connectivity index (χ3v) is 8.98. The maximum absolute atomic E-state index is 5.80. The van der Waals surface area contributed by atoms with Crippen molar-refractivity contribution < 1.29 is 4.42 Å². The summed E-state index contributed by atoms with van der Waals surface area (Å²) in [5, 5.41) is 0. The summed E-state index contributed by atoms with van der Waals surface area (Å²) >= 11 is 0. The predicted molar refractivity (Wildman–Crippen MR) is 153 cm³/mol. The minimum Gasteiger partial charge on any atom is -0.432 e. The summed E-state index contributed by atoms with van der Waals surface area (Å²) in [4.78, 5) is 5.01. The second-order valence-corrected chi connectivity index (χ2v) is 11.7. The summed E-state index contributed by atoms with van der Waals surface area (Å²) in [6, 6.07) is 31.3. The first-order valence-electron chi connectivity index (χ1n) is 13.3. The van der Waals surface area contributed by atoms with Gasteiger partial charge in [0.05, 0.1) is 5.69 Å². The highest BCUT2D eigenvalue weighted by Crippen LogP contribution is 2.52. The molecule has 0 aliphatic heterocycles. The molecular weight excluding hydrogens is 464 g/mol. The van der Waals surface area contributed by atoms with Crippen LogP contribution in [0.25, 0.3) is 50.6 Å². The Kier molecular flexibility index (Phi) is 4.07. The minimum absolute atomic E-state index is 0.0638. The number of hydrogen-bond acceptors (Lipinski definition) is 2. The van der Waals surface area contributed by atoms with E-state index in [-0.39, 0.29) is 10.8 Å². The van der Waals surface area contributed by atoms with Crippen LogP contribution in [0.3, 0.4) is 0 Å². The molecule has 0 atom stereocenters. The van der Waals surface area contributed by atoms with Crippen LogP contribution in [-0.2, 0) is 10.8 Å². The number of rotatable bonds is 2.